The Morgan fingerprint density at radius 2 is 1.05 bits per heavy atom. The second kappa shape index (κ2) is 6.93. The lowest BCUT2D eigenvalue weighted by Crippen LogP contribution is -2.10. The van der Waals surface area contributed by atoms with Crippen LogP contribution in [0.4, 0.5) is 0 Å². The van der Waals surface area contributed by atoms with Crippen LogP contribution in [-0.4, -0.2) is 0 Å². The first-order chi connectivity index (χ1) is 9.60. The van der Waals surface area contributed by atoms with Gasteiger partial charge in [-0.1, -0.05) is 102 Å². The molecule has 0 amide bonds. The second-order valence-corrected chi connectivity index (χ2v) is 7.74. The van der Waals surface area contributed by atoms with Crippen LogP contribution in [-0.2, 0) is 10.8 Å². The number of hydrogen-bond donors (Lipinski definition) is 0. The molecule has 0 N–H and O–H groups in total. The summed E-state index contributed by atoms with van der Waals surface area (Å²) in [4.78, 5) is 0. The summed E-state index contributed by atoms with van der Waals surface area (Å²) in [6, 6.07) is 19.2. The van der Waals surface area contributed by atoms with Crippen molar-refractivity contribution in [1.29, 1.82) is 0 Å². The minimum atomic E-state index is 0.284. The molecule has 21 heavy (non-hydrogen) atoms. The molecule has 2 aromatic carbocycles. The average Bonchev–Trinajstić information content (AvgIpc) is 2.38. The maximum atomic E-state index is 2.25. The molecule has 0 aliphatic carbocycles. The van der Waals surface area contributed by atoms with Crippen LogP contribution in [0.25, 0.3) is 0 Å². The third-order valence-corrected chi connectivity index (χ3v) is 3.52. The predicted molar refractivity (Wildman–Crippen MR) is 95.0 cm³/mol. The van der Waals surface area contributed by atoms with Crippen LogP contribution in [0, 0.1) is 6.92 Å². The molecule has 114 valence electrons. The highest BCUT2D eigenvalue weighted by molar-refractivity contribution is 5.27. The van der Waals surface area contributed by atoms with Gasteiger partial charge >= 0.3 is 0 Å². The van der Waals surface area contributed by atoms with Crippen LogP contribution in [0.1, 0.15) is 58.2 Å². The highest BCUT2D eigenvalue weighted by Crippen LogP contribution is 2.22. The van der Waals surface area contributed by atoms with Crippen molar-refractivity contribution < 1.29 is 0 Å². The van der Waals surface area contributed by atoms with Gasteiger partial charge in [0.2, 0.25) is 0 Å². The zero-order valence-electron chi connectivity index (χ0n) is 14.7. The predicted octanol–water partition coefficient (Wildman–Crippen LogP) is 6.28. The van der Waals surface area contributed by atoms with E-state index in [0.717, 1.165) is 0 Å². The molecule has 2 rings (SSSR count). The number of aryl methyl sites for hydroxylation is 1. The summed E-state index contributed by atoms with van der Waals surface area (Å²) in [7, 11) is 0. The molecule has 0 saturated heterocycles. The molecular weight excluding hydrogens is 252 g/mol. The monoisotopic (exact) mass is 282 g/mol. The summed E-state index contributed by atoms with van der Waals surface area (Å²) in [6.07, 6.45) is 0. The van der Waals surface area contributed by atoms with Crippen LogP contribution in [0.2, 0.25) is 0 Å². The van der Waals surface area contributed by atoms with Crippen molar-refractivity contribution in [3.05, 3.63) is 71.3 Å². The van der Waals surface area contributed by atoms with Gasteiger partial charge in [0.25, 0.3) is 0 Å². The van der Waals surface area contributed by atoms with E-state index in [1.165, 1.54) is 16.7 Å². The zero-order chi connectivity index (χ0) is 16.1. The van der Waals surface area contributed by atoms with Gasteiger partial charge in [-0.15, -0.1) is 0 Å². The molecule has 0 nitrogen and oxygen atoms in total. The molecule has 2 aromatic rings. The van der Waals surface area contributed by atoms with Crippen molar-refractivity contribution in [2.75, 3.05) is 0 Å². The fourth-order valence-corrected chi connectivity index (χ4v) is 2.05. The smallest absolute Gasteiger partial charge is 0.0132 e. The van der Waals surface area contributed by atoms with Crippen molar-refractivity contribution in [3.8, 4) is 0 Å². The molecule has 0 radical (unpaired) electrons. The second-order valence-electron chi connectivity index (χ2n) is 7.74. The van der Waals surface area contributed by atoms with E-state index in [2.05, 4.69) is 103 Å². The largest absolute Gasteiger partial charge is 0.0622 e. The summed E-state index contributed by atoms with van der Waals surface area (Å²) in [5.41, 5.74) is 4.73. The summed E-state index contributed by atoms with van der Waals surface area (Å²) in [6.45, 7) is 15.5. The van der Waals surface area contributed by atoms with Crippen molar-refractivity contribution >= 4 is 0 Å². The molecule has 0 unspecified atom stereocenters. The minimum Gasteiger partial charge on any atom is -0.0622 e. The summed E-state index contributed by atoms with van der Waals surface area (Å²) in [5, 5.41) is 0. The van der Waals surface area contributed by atoms with Gasteiger partial charge in [0.1, 0.15) is 0 Å². The SMILES string of the molecule is CC(C)(C)c1ccccc1.Cc1cccc(C(C)(C)C)c1. The molecule has 0 atom stereocenters. The highest BCUT2D eigenvalue weighted by Gasteiger charge is 2.12. The van der Waals surface area contributed by atoms with Gasteiger partial charge in [0.15, 0.2) is 0 Å². The highest BCUT2D eigenvalue weighted by atomic mass is 14.2. The number of rotatable bonds is 0. The first kappa shape index (κ1) is 17.5. The van der Waals surface area contributed by atoms with Crippen molar-refractivity contribution in [2.24, 2.45) is 0 Å². The van der Waals surface area contributed by atoms with E-state index in [9.17, 15) is 0 Å². The van der Waals surface area contributed by atoms with E-state index < -0.39 is 0 Å². The van der Waals surface area contributed by atoms with Gasteiger partial charge < -0.3 is 0 Å². The molecule has 0 spiro atoms. The topological polar surface area (TPSA) is 0 Å². The first-order valence-electron chi connectivity index (χ1n) is 7.73. The fraction of sp³-hybridized carbons (Fsp3) is 0.429. The molecule has 0 fully saturated rings. The van der Waals surface area contributed by atoms with E-state index in [1.807, 2.05) is 0 Å². The molecule has 0 heteroatoms. The van der Waals surface area contributed by atoms with Crippen molar-refractivity contribution in [3.63, 3.8) is 0 Å². The Bertz CT molecular complexity index is 536. The average molecular weight is 282 g/mol. The maximum Gasteiger partial charge on any atom is -0.0132 e. The molecule has 0 bridgehead atoms. The summed E-state index contributed by atoms with van der Waals surface area (Å²) >= 11 is 0. The van der Waals surface area contributed by atoms with Gasteiger partial charge in [0, 0.05) is 0 Å². The first-order valence-corrected chi connectivity index (χ1v) is 7.73. The maximum absolute atomic E-state index is 2.25. The Hall–Kier alpha value is -1.56. The molecule has 0 aliphatic heterocycles. The van der Waals surface area contributed by atoms with Gasteiger partial charge in [-0.05, 0) is 28.9 Å². The number of benzene rings is 2. The van der Waals surface area contributed by atoms with E-state index in [4.69, 9.17) is 0 Å². The molecule has 0 aliphatic rings. The molecule has 0 heterocycles. The third-order valence-electron chi connectivity index (χ3n) is 3.52. The van der Waals surface area contributed by atoms with Crippen LogP contribution in [0.5, 0.6) is 0 Å². The van der Waals surface area contributed by atoms with Crippen LogP contribution < -0.4 is 0 Å². The van der Waals surface area contributed by atoms with Gasteiger partial charge in [-0.3, -0.25) is 0 Å². The quantitative estimate of drug-likeness (QED) is 0.533. The zero-order valence-corrected chi connectivity index (χ0v) is 14.7. The van der Waals surface area contributed by atoms with Gasteiger partial charge in [-0.2, -0.15) is 0 Å². The normalized spacial score (nSPS) is 11.6. The molecule has 0 aromatic heterocycles. The summed E-state index contributed by atoms with van der Waals surface area (Å²) in [5.74, 6) is 0. The van der Waals surface area contributed by atoms with E-state index in [0.29, 0.717) is 5.41 Å². The van der Waals surface area contributed by atoms with Crippen LogP contribution >= 0.6 is 0 Å². The lowest BCUT2D eigenvalue weighted by atomic mass is 9.86. The van der Waals surface area contributed by atoms with Crippen LogP contribution in [0.15, 0.2) is 54.6 Å². The Morgan fingerprint density at radius 3 is 1.38 bits per heavy atom. The van der Waals surface area contributed by atoms with Crippen molar-refractivity contribution in [1.82, 2.24) is 0 Å². The molecular formula is C21H30. The van der Waals surface area contributed by atoms with E-state index in [1.54, 1.807) is 0 Å². The van der Waals surface area contributed by atoms with E-state index in [-0.39, 0.29) is 5.41 Å². The van der Waals surface area contributed by atoms with Crippen LogP contribution in [0.3, 0.4) is 0 Å². The Morgan fingerprint density at radius 1 is 0.571 bits per heavy atom. The summed E-state index contributed by atoms with van der Waals surface area (Å²) < 4.78 is 0. The minimum absolute atomic E-state index is 0.284. The Kier molecular flexibility index (Phi) is 5.78. The van der Waals surface area contributed by atoms with Gasteiger partial charge in [-0.25, -0.2) is 0 Å². The fourth-order valence-electron chi connectivity index (χ4n) is 2.05. The molecule has 0 saturated carbocycles. The van der Waals surface area contributed by atoms with Crippen molar-refractivity contribution in [2.45, 2.75) is 59.3 Å². The Balaban J connectivity index is 0.000000211. The number of hydrogen-bond acceptors (Lipinski definition) is 0. The standard InChI is InChI=1S/C11H16.C10H14/c1-9-6-5-7-10(8-9)11(2,3)4;1-10(2,3)9-7-5-4-6-8-9/h5-8H,1-4H3;4-8H,1-3H3. The lowest BCUT2D eigenvalue weighted by Gasteiger charge is -2.19. The Labute approximate surface area is 131 Å². The lowest BCUT2D eigenvalue weighted by molar-refractivity contribution is 0.589. The van der Waals surface area contributed by atoms with Gasteiger partial charge in [0.05, 0.1) is 0 Å². The van der Waals surface area contributed by atoms with E-state index >= 15 is 0 Å². The third kappa shape index (κ3) is 6.16.